The van der Waals surface area contributed by atoms with Gasteiger partial charge in [0.15, 0.2) is 11.6 Å². The molecule has 1 aliphatic rings. The van der Waals surface area contributed by atoms with Crippen LogP contribution < -0.4 is 4.74 Å². The zero-order chi connectivity index (χ0) is 21.6. The SMILES string of the molecule is N#CC(=C(O)COC(=O)c1ccc(OC[C@@H]2CCCO2)cc1)c1nc2ccccc2[nH]1. The van der Waals surface area contributed by atoms with Crippen molar-refractivity contribution < 1.29 is 24.1 Å². The number of aliphatic hydroxyl groups is 1. The van der Waals surface area contributed by atoms with Crippen LogP contribution in [0.15, 0.2) is 54.3 Å². The maximum atomic E-state index is 12.3. The van der Waals surface area contributed by atoms with Crippen LogP contribution in [0.1, 0.15) is 29.0 Å². The van der Waals surface area contributed by atoms with E-state index in [4.69, 9.17) is 14.2 Å². The molecule has 4 rings (SSSR count). The summed E-state index contributed by atoms with van der Waals surface area (Å²) >= 11 is 0. The van der Waals surface area contributed by atoms with Gasteiger partial charge in [-0.25, -0.2) is 9.78 Å². The van der Waals surface area contributed by atoms with E-state index in [1.54, 1.807) is 30.3 Å². The number of nitrogens with one attached hydrogen (secondary N) is 1. The maximum absolute atomic E-state index is 12.3. The number of aromatic amines is 1. The lowest BCUT2D eigenvalue weighted by atomic mass is 10.2. The summed E-state index contributed by atoms with van der Waals surface area (Å²) < 4.78 is 16.3. The van der Waals surface area contributed by atoms with Gasteiger partial charge in [-0.05, 0) is 49.2 Å². The van der Waals surface area contributed by atoms with Gasteiger partial charge in [0.2, 0.25) is 0 Å². The second kappa shape index (κ2) is 9.32. The number of ether oxygens (including phenoxy) is 3. The molecule has 3 aromatic rings. The number of allylic oxidation sites excluding steroid dienone is 1. The third-order valence-corrected chi connectivity index (χ3v) is 4.92. The average molecular weight is 419 g/mol. The molecular weight excluding hydrogens is 398 g/mol. The molecule has 1 aromatic heterocycles. The summed E-state index contributed by atoms with van der Waals surface area (Å²) in [5.41, 5.74) is 1.62. The van der Waals surface area contributed by atoms with Crippen molar-refractivity contribution in [3.05, 3.63) is 65.7 Å². The topological polar surface area (TPSA) is 117 Å². The highest BCUT2D eigenvalue weighted by Gasteiger charge is 2.17. The molecule has 1 aliphatic heterocycles. The molecule has 0 amide bonds. The number of benzene rings is 2. The molecule has 31 heavy (non-hydrogen) atoms. The van der Waals surface area contributed by atoms with Gasteiger partial charge in [-0.1, -0.05) is 12.1 Å². The lowest BCUT2D eigenvalue weighted by molar-refractivity contribution is 0.0502. The standard InChI is InChI=1S/C23H21N3O5/c24-12-18(22-25-19-5-1-2-6-20(19)26-22)21(27)14-31-23(28)15-7-9-16(10-8-15)30-13-17-4-3-11-29-17/h1-2,5-10,17,27H,3-4,11,13-14H2,(H,25,26)/t17-/m0/s1. The normalized spacial score (nSPS) is 16.5. The number of aliphatic hydroxyl groups excluding tert-OH is 1. The Hall–Kier alpha value is -3.83. The number of rotatable bonds is 7. The number of esters is 1. The molecule has 0 saturated carbocycles. The Morgan fingerprint density at radius 2 is 2.06 bits per heavy atom. The van der Waals surface area contributed by atoms with Crippen LogP contribution in [-0.2, 0) is 9.47 Å². The number of hydrogen-bond donors (Lipinski definition) is 2. The van der Waals surface area contributed by atoms with Crippen LogP contribution in [0.4, 0.5) is 0 Å². The van der Waals surface area contributed by atoms with Crippen LogP contribution in [0, 0.1) is 11.3 Å². The summed E-state index contributed by atoms with van der Waals surface area (Å²) in [5.74, 6) is -0.165. The van der Waals surface area contributed by atoms with E-state index in [1.807, 2.05) is 24.3 Å². The van der Waals surface area contributed by atoms with Crippen molar-refractivity contribution >= 4 is 22.6 Å². The fourth-order valence-electron chi connectivity index (χ4n) is 3.27. The number of para-hydroxylation sites is 2. The van der Waals surface area contributed by atoms with Gasteiger partial charge in [-0.3, -0.25) is 0 Å². The lowest BCUT2D eigenvalue weighted by Gasteiger charge is -2.11. The van der Waals surface area contributed by atoms with Crippen LogP contribution in [-0.4, -0.2) is 47.0 Å². The fraction of sp³-hybridized carbons (Fsp3) is 0.261. The average Bonchev–Trinajstić information content (AvgIpc) is 3.46. The molecule has 2 heterocycles. The van der Waals surface area contributed by atoms with Crippen LogP contribution in [0.5, 0.6) is 5.75 Å². The van der Waals surface area contributed by atoms with Crippen LogP contribution in [0.2, 0.25) is 0 Å². The van der Waals surface area contributed by atoms with Gasteiger partial charge in [-0.15, -0.1) is 0 Å². The van der Waals surface area contributed by atoms with Gasteiger partial charge in [0, 0.05) is 6.61 Å². The summed E-state index contributed by atoms with van der Waals surface area (Å²) in [6.45, 7) is 0.793. The summed E-state index contributed by atoms with van der Waals surface area (Å²) in [7, 11) is 0. The molecule has 2 N–H and O–H groups in total. The van der Waals surface area contributed by atoms with E-state index in [9.17, 15) is 15.2 Å². The minimum Gasteiger partial charge on any atom is -0.507 e. The molecular formula is C23H21N3O5. The van der Waals surface area contributed by atoms with Gasteiger partial charge in [0.05, 0.1) is 22.7 Å². The first-order chi connectivity index (χ1) is 15.1. The molecule has 8 heteroatoms. The molecule has 1 fully saturated rings. The smallest absolute Gasteiger partial charge is 0.338 e. The maximum Gasteiger partial charge on any atom is 0.338 e. The summed E-state index contributed by atoms with van der Waals surface area (Å²) in [5, 5.41) is 19.7. The predicted molar refractivity (Wildman–Crippen MR) is 112 cm³/mol. The number of hydrogen-bond acceptors (Lipinski definition) is 7. The molecule has 0 aliphatic carbocycles. The Bertz CT molecular complexity index is 1100. The van der Waals surface area contributed by atoms with Gasteiger partial charge >= 0.3 is 5.97 Å². The number of carbonyl (C=O) groups excluding carboxylic acids is 1. The van der Waals surface area contributed by atoms with E-state index in [1.165, 1.54) is 0 Å². The molecule has 0 radical (unpaired) electrons. The van der Waals surface area contributed by atoms with Crippen molar-refractivity contribution in [1.82, 2.24) is 9.97 Å². The largest absolute Gasteiger partial charge is 0.507 e. The number of nitrogens with zero attached hydrogens (tertiary/aromatic N) is 2. The lowest BCUT2D eigenvalue weighted by Crippen LogP contribution is -2.16. The third-order valence-electron chi connectivity index (χ3n) is 4.92. The van der Waals surface area contributed by atoms with E-state index in [-0.39, 0.29) is 23.3 Å². The number of aromatic nitrogens is 2. The zero-order valence-electron chi connectivity index (χ0n) is 16.7. The van der Waals surface area contributed by atoms with Crippen molar-refractivity contribution in [3.8, 4) is 11.8 Å². The monoisotopic (exact) mass is 419 g/mol. The van der Waals surface area contributed by atoms with Crippen molar-refractivity contribution in [2.75, 3.05) is 19.8 Å². The number of imidazole rings is 1. The van der Waals surface area contributed by atoms with Crippen LogP contribution in [0.3, 0.4) is 0 Å². The van der Waals surface area contributed by atoms with Crippen LogP contribution >= 0.6 is 0 Å². The van der Waals surface area contributed by atoms with Crippen molar-refractivity contribution in [1.29, 1.82) is 5.26 Å². The van der Waals surface area contributed by atoms with Crippen molar-refractivity contribution in [2.24, 2.45) is 0 Å². The molecule has 0 unspecified atom stereocenters. The summed E-state index contributed by atoms with van der Waals surface area (Å²) in [6, 6.07) is 15.7. The van der Waals surface area contributed by atoms with Crippen molar-refractivity contribution in [2.45, 2.75) is 18.9 Å². The van der Waals surface area contributed by atoms with E-state index < -0.39 is 12.6 Å². The highest BCUT2D eigenvalue weighted by Crippen LogP contribution is 2.20. The minimum atomic E-state index is -0.626. The van der Waals surface area contributed by atoms with E-state index in [0.717, 1.165) is 25.0 Å². The molecule has 0 bridgehead atoms. The Morgan fingerprint density at radius 1 is 1.26 bits per heavy atom. The van der Waals surface area contributed by atoms with E-state index in [0.29, 0.717) is 23.4 Å². The second-order valence-electron chi connectivity index (χ2n) is 7.08. The Morgan fingerprint density at radius 3 is 2.77 bits per heavy atom. The molecule has 2 aromatic carbocycles. The summed E-state index contributed by atoms with van der Waals surface area (Å²) in [6.07, 6.45) is 2.14. The molecule has 8 nitrogen and oxygen atoms in total. The first-order valence-electron chi connectivity index (χ1n) is 9.93. The van der Waals surface area contributed by atoms with E-state index in [2.05, 4.69) is 9.97 Å². The number of carbonyl (C=O) groups is 1. The first kappa shape index (κ1) is 20.4. The van der Waals surface area contributed by atoms with Crippen LogP contribution in [0.25, 0.3) is 16.6 Å². The fourth-order valence-corrected chi connectivity index (χ4v) is 3.27. The Labute approximate surface area is 178 Å². The van der Waals surface area contributed by atoms with Crippen molar-refractivity contribution in [3.63, 3.8) is 0 Å². The van der Waals surface area contributed by atoms with Gasteiger partial charge < -0.3 is 24.3 Å². The van der Waals surface area contributed by atoms with Gasteiger partial charge in [-0.2, -0.15) is 5.26 Å². The molecule has 1 saturated heterocycles. The minimum absolute atomic E-state index is 0.0816. The molecule has 0 spiro atoms. The Balaban J connectivity index is 1.37. The highest BCUT2D eigenvalue weighted by molar-refractivity contribution is 5.90. The van der Waals surface area contributed by atoms with E-state index >= 15 is 0 Å². The number of H-pyrrole nitrogens is 1. The highest BCUT2D eigenvalue weighted by atomic mass is 16.5. The van der Waals surface area contributed by atoms with Gasteiger partial charge in [0.25, 0.3) is 0 Å². The Kier molecular flexibility index (Phi) is 6.15. The predicted octanol–water partition coefficient (Wildman–Crippen LogP) is 3.77. The third kappa shape index (κ3) is 4.85. The number of nitriles is 1. The zero-order valence-corrected chi connectivity index (χ0v) is 16.7. The summed E-state index contributed by atoms with van der Waals surface area (Å²) in [4.78, 5) is 19.5. The molecule has 1 atom stereocenters. The van der Waals surface area contributed by atoms with Gasteiger partial charge in [0.1, 0.15) is 30.6 Å². The number of fused-ring (bicyclic) bond motifs is 1. The molecule has 158 valence electrons. The quantitative estimate of drug-likeness (QED) is 0.340. The second-order valence-corrected chi connectivity index (χ2v) is 7.08. The first-order valence-corrected chi connectivity index (χ1v) is 9.93.